The summed E-state index contributed by atoms with van der Waals surface area (Å²) in [5.41, 5.74) is 3.02. The third-order valence-electron chi connectivity index (χ3n) is 3.80. The summed E-state index contributed by atoms with van der Waals surface area (Å²) in [5, 5.41) is 15.9. The van der Waals surface area contributed by atoms with Gasteiger partial charge in [0.2, 0.25) is 11.1 Å². The fourth-order valence-electron chi connectivity index (χ4n) is 2.36. The van der Waals surface area contributed by atoms with E-state index in [0.29, 0.717) is 10.2 Å². The predicted octanol–water partition coefficient (Wildman–Crippen LogP) is 3.59. The molecule has 3 aromatic rings. The van der Waals surface area contributed by atoms with Gasteiger partial charge >= 0.3 is 0 Å². The van der Waals surface area contributed by atoms with Crippen LogP contribution in [0.2, 0.25) is 5.02 Å². The molecule has 1 amide bonds. The van der Waals surface area contributed by atoms with Crippen molar-refractivity contribution in [1.82, 2.24) is 25.5 Å². The number of tetrazole rings is 1. The summed E-state index contributed by atoms with van der Waals surface area (Å²) in [6, 6.07) is 15.2. The number of aromatic nitrogens is 4. The molecule has 0 aliphatic carbocycles. The molecule has 0 saturated heterocycles. The standard InChI is InChI=1S/C18H18ClN5OS/c1-12-3-9-16(10-4-12)24-18(21-22-23-24)26-11-17(25)20-13(2)14-5-7-15(19)8-6-14/h3-10,13H,11H2,1-2H3,(H,20,25)/t13-/m0/s1. The third-order valence-corrected chi connectivity index (χ3v) is 4.97. The van der Waals surface area contributed by atoms with E-state index in [4.69, 9.17) is 11.6 Å². The Morgan fingerprint density at radius 2 is 1.88 bits per heavy atom. The molecule has 0 saturated carbocycles. The summed E-state index contributed by atoms with van der Waals surface area (Å²) in [6.07, 6.45) is 0. The van der Waals surface area contributed by atoms with Gasteiger partial charge in [-0.25, -0.2) is 0 Å². The van der Waals surface area contributed by atoms with Crippen LogP contribution in [0.1, 0.15) is 24.1 Å². The topological polar surface area (TPSA) is 72.7 Å². The monoisotopic (exact) mass is 387 g/mol. The SMILES string of the molecule is Cc1ccc(-n2nnnc2SCC(=O)N[C@@H](C)c2ccc(Cl)cc2)cc1. The first kappa shape index (κ1) is 18.4. The van der Waals surface area contributed by atoms with Gasteiger partial charge in [-0.1, -0.05) is 53.2 Å². The molecule has 3 rings (SSSR count). The number of carbonyl (C=O) groups is 1. The van der Waals surface area contributed by atoms with E-state index in [2.05, 4.69) is 20.8 Å². The Hall–Kier alpha value is -2.38. The zero-order valence-electron chi connectivity index (χ0n) is 14.4. The van der Waals surface area contributed by atoms with Gasteiger partial charge in [-0.3, -0.25) is 4.79 Å². The molecule has 2 aromatic carbocycles. The summed E-state index contributed by atoms with van der Waals surface area (Å²) < 4.78 is 1.63. The van der Waals surface area contributed by atoms with Crippen molar-refractivity contribution in [3.8, 4) is 5.69 Å². The Kier molecular flexibility index (Phi) is 5.90. The minimum atomic E-state index is -0.103. The second-order valence-electron chi connectivity index (χ2n) is 5.84. The molecule has 6 nitrogen and oxygen atoms in total. The number of rotatable bonds is 6. The number of nitrogens with one attached hydrogen (secondary N) is 1. The van der Waals surface area contributed by atoms with Gasteiger partial charge in [-0.05, 0) is 54.1 Å². The van der Waals surface area contributed by atoms with E-state index in [0.717, 1.165) is 16.8 Å². The van der Waals surface area contributed by atoms with Crippen molar-refractivity contribution in [3.63, 3.8) is 0 Å². The molecule has 0 unspecified atom stereocenters. The van der Waals surface area contributed by atoms with Crippen LogP contribution in [0.4, 0.5) is 0 Å². The molecule has 0 radical (unpaired) electrons. The van der Waals surface area contributed by atoms with Crippen LogP contribution in [0.25, 0.3) is 5.69 Å². The number of carbonyl (C=O) groups excluding carboxylic acids is 1. The third kappa shape index (κ3) is 4.62. The highest BCUT2D eigenvalue weighted by Gasteiger charge is 2.14. The lowest BCUT2D eigenvalue weighted by Crippen LogP contribution is -2.28. The Morgan fingerprint density at radius 3 is 2.58 bits per heavy atom. The van der Waals surface area contributed by atoms with Crippen LogP contribution < -0.4 is 5.32 Å². The first-order valence-electron chi connectivity index (χ1n) is 8.06. The lowest BCUT2D eigenvalue weighted by molar-refractivity contribution is -0.119. The minimum absolute atomic E-state index is 0.0871. The van der Waals surface area contributed by atoms with Crippen molar-refractivity contribution < 1.29 is 4.79 Å². The Balaban J connectivity index is 1.59. The maximum absolute atomic E-state index is 12.2. The number of benzene rings is 2. The highest BCUT2D eigenvalue weighted by Crippen LogP contribution is 2.19. The fourth-order valence-corrected chi connectivity index (χ4v) is 3.19. The number of aryl methyl sites for hydroxylation is 1. The number of nitrogens with zero attached hydrogens (tertiary/aromatic N) is 4. The van der Waals surface area contributed by atoms with Crippen LogP contribution in [0.15, 0.2) is 53.7 Å². The number of thioether (sulfide) groups is 1. The van der Waals surface area contributed by atoms with Crippen molar-refractivity contribution in [2.45, 2.75) is 25.0 Å². The lowest BCUT2D eigenvalue weighted by atomic mass is 10.1. The molecule has 134 valence electrons. The zero-order chi connectivity index (χ0) is 18.5. The second-order valence-corrected chi connectivity index (χ2v) is 7.22. The molecule has 0 fully saturated rings. The number of hydrogen-bond acceptors (Lipinski definition) is 5. The first-order chi connectivity index (χ1) is 12.5. The quantitative estimate of drug-likeness (QED) is 0.654. The molecular weight excluding hydrogens is 370 g/mol. The Labute approximate surface area is 160 Å². The molecular formula is C18H18ClN5OS. The lowest BCUT2D eigenvalue weighted by Gasteiger charge is -2.14. The molecule has 8 heteroatoms. The van der Waals surface area contributed by atoms with E-state index in [1.807, 2.05) is 62.4 Å². The van der Waals surface area contributed by atoms with Gasteiger partial charge in [-0.15, -0.1) is 5.10 Å². The van der Waals surface area contributed by atoms with Gasteiger partial charge < -0.3 is 5.32 Å². The zero-order valence-corrected chi connectivity index (χ0v) is 16.0. The van der Waals surface area contributed by atoms with Crippen LogP contribution in [-0.2, 0) is 4.79 Å². The van der Waals surface area contributed by atoms with Gasteiger partial charge in [0.25, 0.3) is 0 Å². The van der Waals surface area contributed by atoms with E-state index in [1.54, 1.807) is 4.68 Å². The largest absolute Gasteiger partial charge is 0.349 e. The maximum Gasteiger partial charge on any atom is 0.230 e. The first-order valence-corrected chi connectivity index (χ1v) is 9.42. The summed E-state index contributed by atoms with van der Waals surface area (Å²) >= 11 is 7.19. The van der Waals surface area contributed by atoms with Gasteiger partial charge in [0.05, 0.1) is 17.5 Å². The van der Waals surface area contributed by atoms with Crippen molar-refractivity contribution in [3.05, 3.63) is 64.7 Å². The molecule has 26 heavy (non-hydrogen) atoms. The second kappa shape index (κ2) is 8.33. The van der Waals surface area contributed by atoms with E-state index >= 15 is 0 Å². The normalized spacial score (nSPS) is 12.0. The van der Waals surface area contributed by atoms with Crippen molar-refractivity contribution in [2.24, 2.45) is 0 Å². The minimum Gasteiger partial charge on any atom is -0.349 e. The Morgan fingerprint density at radius 1 is 1.19 bits per heavy atom. The number of amides is 1. The van der Waals surface area contributed by atoms with Crippen LogP contribution in [0, 0.1) is 6.92 Å². The van der Waals surface area contributed by atoms with E-state index in [-0.39, 0.29) is 17.7 Å². The highest BCUT2D eigenvalue weighted by atomic mass is 35.5. The summed E-state index contributed by atoms with van der Waals surface area (Å²) in [4.78, 5) is 12.2. The Bertz CT molecular complexity index is 879. The van der Waals surface area contributed by atoms with Crippen LogP contribution >= 0.6 is 23.4 Å². The molecule has 0 bridgehead atoms. The summed E-state index contributed by atoms with van der Waals surface area (Å²) in [5.74, 6) is 0.139. The molecule has 1 aromatic heterocycles. The van der Waals surface area contributed by atoms with E-state index in [1.165, 1.54) is 11.8 Å². The smallest absolute Gasteiger partial charge is 0.230 e. The average molecular weight is 388 g/mol. The van der Waals surface area contributed by atoms with Gasteiger partial charge in [0.1, 0.15) is 0 Å². The summed E-state index contributed by atoms with van der Waals surface area (Å²) in [6.45, 7) is 3.95. The van der Waals surface area contributed by atoms with Gasteiger partial charge in [-0.2, -0.15) is 4.68 Å². The van der Waals surface area contributed by atoms with Gasteiger partial charge in [0, 0.05) is 5.02 Å². The van der Waals surface area contributed by atoms with Crippen LogP contribution in [0.5, 0.6) is 0 Å². The summed E-state index contributed by atoms with van der Waals surface area (Å²) in [7, 11) is 0. The maximum atomic E-state index is 12.2. The molecule has 1 heterocycles. The van der Waals surface area contributed by atoms with E-state index in [9.17, 15) is 4.79 Å². The fraction of sp³-hybridized carbons (Fsp3) is 0.222. The molecule has 1 N–H and O–H groups in total. The molecule has 0 aliphatic rings. The highest BCUT2D eigenvalue weighted by molar-refractivity contribution is 7.99. The predicted molar refractivity (Wildman–Crippen MR) is 103 cm³/mol. The van der Waals surface area contributed by atoms with Crippen LogP contribution in [0.3, 0.4) is 0 Å². The number of halogens is 1. The van der Waals surface area contributed by atoms with Crippen LogP contribution in [-0.4, -0.2) is 31.9 Å². The van der Waals surface area contributed by atoms with E-state index < -0.39 is 0 Å². The van der Waals surface area contributed by atoms with Crippen molar-refractivity contribution in [1.29, 1.82) is 0 Å². The molecule has 1 atom stereocenters. The van der Waals surface area contributed by atoms with Gasteiger partial charge in [0.15, 0.2) is 0 Å². The molecule has 0 aliphatic heterocycles. The van der Waals surface area contributed by atoms with Crippen molar-refractivity contribution in [2.75, 3.05) is 5.75 Å². The molecule has 0 spiro atoms. The number of hydrogen-bond donors (Lipinski definition) is 1. The van der Waals surface area contributed by atoms with Crippen molar-refractivity contribution >= 4 is 29.3 Å². The average Bonchev–Trinajstić information content (AvgIpc) is 3.09.